The minimum Gasteiger partial charge on any atom is -0.481 e. The summed E-state index contributed by atoms with van der Waals surface area (Å²) in [6.45, 7) is 0. The van der Waals surface area contributed by atoms with Gasteiger partial charge in [0.25, 0.3) is 0 Å². The van der Waals surface area contributed by atoms with Gasteiger partial charge in [0.05, 0.1) is 0 Å². The van der Waals surface area contributed by atoms with Crippen LogP contribution in [0.1, 0.15) is 12.8 Å². The molecular weight excluding hydrogens is 234 g/mol. The monoisotopic (exact) mass is 245 g/mol. The highest BCUT2D eigenvalue weighted by Crippen LogP contribution is 1.93. The zero-order valence-corrected chi connectivity index (χ0v) is 8.22. The minimum atomic E-state index is -4.67. The summed E-state index contributed by atoms with van der Waals surface area (Å²) >= 11 is 0. The van der Waals surface area contributed by atoms with Crippen LogP contribution in [0.5, 0.6) is 0 Å². The van der Waals surface area contributed by atoms with E-state index < -0.39 is 28.4 Å². The lowest BCUT2D eigenvalue weighted by Gasteiger charge is -2.01. The maximum atomic E-state index is 9.99. The van der Waals surface area contributed by atoms with Gasteiger partial charge >= 0.3 is 22.3 Å². The van der Waals surface area contributed by atoms with Crippen LogP contribution >= 0.6 is 0 Å². The summed E-state index contributed by atoms with van der Waals surface area (Å²) in [5.74, 6) is -2.20. The van der Waals surface area contributed by atoms with Gasteiger partial charge in [0, 0.05) is 6.42 Å². The van der Waals surface area contributed by atoms with Gasteiger partial charge in [-0.05, 0) is 6.42 Å². The SMILES string of the molecule is NC(CCC(=O)O)C(=O)O.O=S(=O)(O)O. The number of hydrogen-bond acceptors (Lipinski definition) is 5. The van der Waals surface area contributed by atoms with Gasteiger partial charge in [0.2, 0.25) is 0 Å². The van der Waals surface area contributed by atoms with Gasteiger partial charge in [-0.15, -0.1) is 0 Å². The van der Waals surface area contributed by atoms with Gasteiger partial charge in [-0.2, -0.15) is 8.42 Å². The molecule has 0 saturated heterocycles. The van der Waals surface area contributed by atoms with Gasteiger partial charge in [-0.3, -0.25) is 18.7 Å². The summed E-state index contributed by atoms with van der Waals surface area (Å²) < 4.78 is 31.6. The lowest BCUT2D eigenvalue weighted by Crippen LogP contribution is -2.30. The highest BCUT2D eigenvalue weighted by atomic mass is 32.3. The van der Waals surface area contributed by atoms with E-state index in [4.69, 9.17) is 33.5 Å². The number of aliphatic carboxylic acids is 2. The average molecular weight is 245 g/mol. The lowest BCUT2D eigenvalue weighted by molar-refractivity contribution is -0.139. The molecular formula is C5H11NO8S. The topological polar surface area (TPSA) is 175 Å². The number of hydrogen-bond donors (Lipinski definition) is 5. The molecule has 0 aliphatic rings. The first kappa shape index (κ1) is 16.2. The van der Waals surface area contributed by atoms with Crippen molar-refractivity contribution in [2.75, 3.05) is 0 Å². The second-order valence-electron chi connectivity index (χ2n) is 2.32. The molecule has 9 nitrogen and oxygen atoms in total. The van der Waals surface area contributed by atoms with Crippen LogP contribution in [0.4, 0.5) is 0 Å². The second-order valence-corrected chi connectivity index (χ2v) is 3.22. The standard InChI is InChI=1S/C5H9NO4.H2O4S/c6-3(5(9)10)1-2-4(7)8;1-5(2,3)4/h3H,1-2,6H2,(H,7,8)(H,9,10);(H2,1,2,3,4). The Morgan fingerprint density at radius 1 is 1.20 bits per heavy atom. The van der Waals surface area contributed by atoms with Crippen LogP contribution in [0.25, 0.3) is 0 Å². The van der Waals surface area contributed by atoms with Gasteiger partial charge in [-0.1, -0.05) is 0 Å². The van der Waals surface area contributed by atoms with Crippen LogP contribution in [0, 0.1) is 0 Å². The molecule has 0 aliphatic heterocycles. The van der Waals surface area contributed by atoms with Gasteiger partial charge in [0.15, 0.2) is 0 Å². The maximum Gasteiger partial charge on any atom is 0.394 e. The molecule has 0 aromatic heterocycles. The Hall–Kier alpha value is -1.23. The molecule has 0 radical (unpaired) electrons. The third-order valence-corrected chi connectivity index (χ3v) is 0.986. The normalized spacial score (nSPS) is 12.2. The van der Waals surface area contributed by atoms with Crippen molar-refractivity contribution < 1.29 is 37.3 Å². The summed E-state index contributed by atoms with van der Waals surface area (Å²) in [6.07, 6.45) is -0.224. The highest BCUT2D eigenvalue weighted by Gasteiger charge is 2.12. The molecule has 0 aliphatic carbocycles. The molecule has 0 amide bonds. The van der Waals surface area contributed by atoms with Gasteiger partial charge < -0.3 is 15.9 Å². The maximum absolute atomic E-state index is 9.99. The Labute approximate surface area is 85.1 Å². The number of nitrogens with two attached hydrogens (primary N) is 1. The fourth-order valence-corrected chi connectivity index (χ4v) is 0.402. The molecule has 1 atom stereocenters. The Morgan fingerprint density at radius 2 is 1.53 bits per heavy atom. The first-order chi connectivity index (χ1) is 6.54. The third kappa shape index (κ3) is 24.5. The van der Waals surface area contributed by atoms with Crippen LogP contribution in [-0.4, -0.2) is 45.7 Å². The summed E-state index contributed by atoms with van der Waals surface area (Å²) in [4.78, 5) is 19.9. The van der Waals surface area contributed by atoms with Gasteiger partial charge in [-0.25, -0.2) is 0 Å². The highest BCUT2D eigenvalue weighted by molar-refractivity contribution is 7.79. The van der Waals surface area contributed by atoms with E-state index in [1.807, 2.05) is 0 Å². The second kappa shape index (κ2) is 7.11. The average Bonchev–Trinajstić information content (AvgIpc) is 1.96. The summed E-state index contributed by atoms with van der Waals surface area (Å²) in [5.41, 5.74) is 5.00. The fourth-order valence-electron chi connectivity index (χ4n) is 0.402. The van der Waals surface area contributed by atoms with Crippen molar-refractivity contribution in [1.82, 2.24) is 0 Å². The predicted molar refractivity (Wildman–Crippen MR) is 46.7 cm³/mol. The van der Waals surface area contributed by atoms with Crippen molar-refractivity contribution in [3.8, 4) is 0 Å². The van der Waals surface area contributed by atoms with E-state index in [1.165, 1.54) is 0 Å². The first-order valence-corrected chi connectivity index (χ1v) is 4.83. The summed E-state index contributed by atoms with van der Waals surface area (Å²) in [5, 5.41) is 16.3. The minimum absolute atomic E-state index is 0.0231. The lowest BCUT2D eigenvalue weighted by atomic mass is 10.2. The zero-order valence-electron chi connectivity index (χ0n) is 7.40. The quantitative estimate of drug-likeness (QED) is 0.373. The van der Waals surface area contributed by atoms with Gasteiger partial charge in [0.1, 0.15) is 6.04 Å². The Bertz CT molecular complexity index is 301. The number of carboxylic acids is 2. The molecule has 0 aromatic rings. The van der Waals surface area contributed by atoms with E-state index >= 15 is 0 Å². The molecule has 10 heteroatoms. The van der Waals surface area contributed by atoms with E-state index in [0.29, 0.717) is 0 Å². The zero-order chi connectivity index (χ0) is 12.6. The number of rotatable bonds is 4. The van der Waals surface area contributed by atoms with Crippen molar-refractivity contribution >= 4 is 22.3 Å². The Balaban J connectivity index is 0. The van der Waals surface area contributed by atoms with Crippen molar-refractivity contribution in [2.45, 2.75) is 18.9 Å². The van der Waals surface area contributed by atoms with E-state index in [0.717, 1.165) is 0 Å². The van der Waals surface area contributed by atoms with E-state index in [1.54, 1.807) is 0 Å². The predicted octanol–water partition coefficient (Wildman–Crippen LogP) is -1.39. The van der Waals surface area contributed by atoms with Crippen LogP contribution in [0.3, 0.4) is 0 Å². The van der Waals surface area contributed by atoms with Crippen LogP contribution in [0.15, 0.2) is 0 Å². The number of carboxylic acid groups (broad SMARTS) is 2. The van der Waals surface area contributed by atoms with Crippen LogP contribution in [0.2, 0.25) is 0 Å². The van der Waals surface area contributed by atoms with E-state index in [9.17, 15) is 9.59 Å². The van der Waals surface area contributed by atoms with Crippen molar-refractivity contribution in [2.24, 2.45) is 5.73 Å². The largest absolute Gasteiger partial charge is 0.481 e. The molecule has 0 spiro atoms. The number of carbonyl (C=O) groups is 2. The van der Waals surface area contributed by atoms with E-state index in [2.05, 4.69) is 0 Å². The van der Waals surface area contributed by atoms with Crippen molar-refractivity contribution in [1.29, 1.82) is 0 Å². The fraction of sp³-hybridized carbons (Fsp3) is 0.600. The van der Waals surface area contributed by atoms with Crippen molar-refractivity contribution in [3.63, 3.8) is 0 Å². The van der Waals surface area contributed by atoms with Crippen LogP contribution in [-0.2, 0) is 20.0 Å². The molecule has 0 rings (SSSR count). The molecule has 90 valence electrons. The van der Waals surface area contributed by atoms with E-state index in [-0.39, 0.29) is 12.8 Å². The third-order valence-electron chi connectivity index (χ3n) is 0.986. The smallest absolute Gasteiger partial charge is 0.394 e. The molecule has 0 heterocycles. The Kier molecular flexibility index (Phi) is 7.69. The molecule has 15 heavy (non-hydrogen) atoms. The molecule has 0 bridgehead atoms. The molecule has 6 N–H and O–H groups in total. The summed E-state index contributed by atoms with van der Waals surface area (Å²) in [7, 11) is -4.67. The first-order valence-electron chi connectivity index (χ1n) is 3.44. The Morgan fingerprint density at radius 3 is 1.73 bits per heavy atom. The molecule has 1 unspecified atom stereocenters. The molecule has 0 fully saturated rings. The summed E-state index contributed by atoms with van der Waals surface area (Å²) in [6, 6.07) is -1.06. The molecule has 0 saturated carbocycles. The molecule has 0 aromatic carbocycles. The van der Waals surface area contributed by atoms with Crippen molar-refractivity contribution in [3.05, 3.63) is 0 Å². The van der Waals surface area contributed by atoms with Crippen LogP contribution < -0.4 is 5.73 Å².